The lowest BCUT2D eigenvalue weighted by Gasteiger charge is -2.15. The fourth-order valence-corrected chi connectivity index (χ4v) is 2.59. The predicted molar refractivity (Wildman–Crippen MR) is 98.2 cm³/mol. The first-order chi connectivity index (χ1) is 12.6. The van der Waals surface area contributed by atoms with Gasteiger partial charge < -0.3 is 21.6 Å². The Kier molecular flexibility index (Phi) is 6.12. The van der Waals surface area contributed by atoms with E-state index in [-0.39, 0.29) is 23.5 Å². The second-order valence-electron chi connectivity index (χ2n) is 5.59. The molecule has 0 radical (unpaired) electrons. The topological polar surface area (TPSA) is 99.2 Å². The lowest BCUT2D eigenvalue weighted by Crippen LogP contribution is -2.10. The van der Waals surface area contributed by atoms with Crippen molar-refractivity contribution in [3.05, 3.63) is 70.3 Å². The highest BCUT2D eigenvalue weighted by atomic mass is 35.5. The third-order valence-corrected chi connectivity index (χ3v) is 3.71. The predicted octanol–water partition coefficient (Wildman–Crippen LogP) is 4.56. The van der Waals surface area contributed by atoms with Gasteiger partial charge in [-0.15, -0.1) is 0 Å². The molecule has 0 atom stereocenters. The molecule has 0 saturated carbocycles. The van der Waals surface area contributed by atoms with E-state index in [0.717, 1.165) is 30.4 Å². The number of hydrogen-bond donors (Lipinski definition) is 4. The molecule has 9 heteroatoms. The van der Waals surface area contributed by atoms with E-state index in [2.05, 4.69) is 5.32 Å². The van der Waals surface area contributed by atoms with Crippen LogP contribution >= 0.6 is 11.6 Å². The van der Waals surface area contributed by atoms with E-state index in [1.807, 2.05) is 0 Å². The molecule has 0 unspecified atom stereocenters. The van der Waals surface area contributed by atoms with Crippen molar-refractivity contribution < 1.29 is 23.1 Å². The SMILES string of the molecule is N=C(C=CC(=O)O)c1ccc(C(F)(F)F)cc1NCc1cc(N)cc(Cl)c1. The normalized spacial score (nSPS) is 11.6. The Labute approximate surface area is 157 Å². The van der Waals surface area contributed by atoms with Gasteiger partial charge in [0.15, 0.2) is 0 Å². The molecule has 2 aromatic carbocycles. The molecule has 0 spiro atoms. The summed E-state index contributed by atoms with van der Waals surface area (Å²) in [5, 5.41) is 19.8. The maximum absolute atomic E-state index is 13.0. The van der Waals surface area contributed by atoms with Gasteiger partial charge in [0.05, 0.1) is 11.3 Å². The van der Waals surface area contributed by atoms with Gasteiger partial charge in [-0.25, -0.2) is 4.79 Å². The van der Waals surface area contributed by atoms with E-state index < -0.39 is 17.7 Å². The molecule has 0 heterocycles. The molecule has 0 aromatic heterocycles. The zero-order valence-electron chi connectivity index (χ0n) is 13.8. The van der Waals surface area contributed by atoms with Crippen molar-refractivity contribution in [2.24, 2.45) is 0 Å². The van der Waals surface area contributed by atoms with Crippen LogP contribution < -0.4 is 11.1 Å². The molecule has 0 saturated heterocycles. The van der Waals surface area contributed by atoms with Crippen LogP contribution in [-0.4, -0.2) is 16.8 Å². The van der Waals surface area contributed by atoms with Gasteiger partial charge in [-0.1, -0.05) is 17.7 Å². The molecule has 2 rings (SSSR count). The van der Waals surface area contributed by atoms with Crippen molar-refractivity contribution in [1.82, 2.24) is 0 Å². The van der Waals surface area contributed by atoms with Crippen LogP contribution in [0.5, 0.6) is 0 Å². The molecule has 0 aliphatic rings. The Bertz CT molecular complexity index is 891. The second-order valence-corrected chi connectivity index (χ2v) is 6.03. The summed E-state index contributed by atoms with van der Waals surface area (Å²) in [7, 11) is 0. The number of nitrogens with one attached hydrogen (secondary N) is 2. The lowest BCUT2D eigenvalue weighted by molar-refractivity contribution is -0.137. The van der Waals surface area contributed by atoms with Gasteiger partial charge in [0.1, 0.15) is 0 Å². The molecule has 142 valence electrons. The van der Waals surface area contributed by atoms with E-state index >= 15 is 0 Å². The quantitative estimate of drug-likeness (QED) is 0.326. The number of allylic oxidation sites excluding steroid dienone is 1. The number of carboxylic acids is 1. The largest absolute Gasteiger partial charge is 0.478 e. The third-order valence-electron chi connectivity index (χ3n) is 3.49. The molecule has 2 aromatic rings. The van der Waals surface area contributed by atoms with Crippen molar-refractivity contribution >= 4 is 34.7 Å². The minimum absolute atomic E-state index is 0.0309. The summed E-state index contributed by atoms with van der Waals surface area (Å²) < 4.78 is 39.0. The van der Waals surface area contributed by atoms with Gasteiger partial charge in [-0.05, 0) is 42.0 Å². The van der Waals surface area contributed by atoms with Crippen LogP contribution in [0.2, 0.25) is 5.02 Å². The number of halogens is 4. The Morgan fingerprint density at radius 2 is 1.93 bits per heavy atom. The molecule has 0 aliphatic carbocycles. The zero-order chi connectivity index (χ0) is 20.2. The summed E-state index contributed by atoms with van der Waals surface area (Å²) in [6.07, 6.45) is -2.83. The monoisotopic (exact) mass is 397 g/mol. The highest BCUT2D eigenvalue weighted by Gasteiger charge is 2.31. The van der Waals surface area contributed by atoms with Gasteiger partial charge in [0.25, 0.3) is 0 Å². The number of nitrogens with two attached hydrogens (primary N) is 1. The molecule has 5 N–H and O–H groups in total. The molecule has 0 amide bonds. The van der Waals surface area contributed by atoms with Crippen LogP contribution in [0.3, 0.4) is 0 Å². The zero-order valence-corrected chi connectivity index (χ0v) is 14.5. The highest BCUT2D eigenvalue weighted by molar-refractivity contribution is 6.30. The van der Waals surface area contributed by atoms with E-state index in [9.17, 15) is 18.0 Å². The summed E-state index contributed by atoms with van der Waals surface area (Å²) in [5.41, 5.74) is 5.74. The van der Waals surface area contributed by atoms with E-state index in [0.29, 0.717) is 16.3 Å². The average Bonchev–Trinajstić information content (AvgIpc) is 2.56. The van der Waals surface area contributed by atoms with Gasteiger partial charge in [0.2, 0.25) is 0 Å². The molecular formula is C18H15ClF3N3O2. The summed E-state index contributed by atoms with van der Waals surface area (Å²) in [5.74, 6) is -1.27. The number of anilines is 2. The summed E-state index contributed by atoms with van der Waals surface area (Å²) in [6.45, 7) is 0.106. The lowest BCUT2D eigenvalue weighted by atomic mass is 10.0. The Hall–Kier alpha value is -3.00. The van der Waals surface area contributed by atoms with Gasteiger partial charge in [-0.3, -0.25) is 0 Å². The summed E-state index contributed by atoms with van der Waals surface area (Å²) in [4.78, 5) is 10.6. The van der Waals surface area contributed by atoms with Crippen molar-refractivity contribution in [1.29, 1.82) is 5.41 Å². The molecule has 27 heavy (non-hydrogen) atoms. The Morgan fingerprint density at radius 1 is 1.22 bits per heavy atom. The number of benzene rings is 2. The van der Waals surface area contributed by atoms with Gasteiger partial charge in [0, 0.05) is 34.6 Å². The van der Waals surface area contributed by atoms with Gasteiger partial charge >= 0.3 is 12.1 Å². The molecule has 0 fully saturated rings. The number of nitrogen functional groups attached to an aromatic ring is 1. The van der Waals surface area contributed by atoms with Gasteiger partial charge in [-0.2, -0.15) is 13.2 Å². The number of carbonyl (C=O) groups is 1. The fraction of sp³-hybridized carbons (Fsp3) is 0.111. The molecule has 0 aliphatic heterocycles. The van der Waals surface area contributed by atoms with Crippen molar-refractivity contribution in [2.45, 2.75) is 12.7 Å². The van der Waals surface area contributed by atoms with Crippen LogP contribution in [-0.2, 0) is 17.5 Å². The first-order valence-electron chi connectivity index (χ1n) is 7.56. The Morgan fingerprint density at radius 3 is 2.52 bits per heavy atom. The van der Waals surface area contributed by atoms with Crippen molar-refractivity contribution in [3.63, 3.8) is 0 Å². The Balaban J connectivity index is 2.37. The van der Waals surface area contributed by atoms with Crippen molar-refractivity contribution in [2.75, 3.05) is 11.1 Å². The van der Waals surface area contributed by atoms with Crippen LogP contribution in [0.25, 0.3) is 0 Å². The number of alkyl halides is 3. The third kappa shape index (κ3) is 5.75. The first kappa shape index (κ1) is 20.3. The maximum atomic E-state index is 13.0. The van der Waals surface area contributed by atoms with E-state index in [1.54, 1.807) is 12.1 Å². The fourth-order valence-electron chi connectivity index (χ4n) is 2.32. The number of carboxylic acid groups (broad SMARTS) is 1. The summed E-state index contributed by atoms with van der Waals surface area (Å²) >= 11 is 5.91. The van der Waals surface area contributed by atoms with Crippen LogP contribution in [0.1, 0.15) is 16.7 Å². The molecule has 0 bridgehead atoms. The minimum atomic E-state index is -4.56. The maximum Gasteiger partial charge on any atom is 0.416 e. The molecular weight excluding hydrogens is 383 g/mol. The number of aliphatic carboxylic acids is 1. The highest BCUT2D eigenvalue weighted by Crippen LogP contribution is 2.32. The van der Waals surface area contributed by atoms with Crippen molar-refractivity contribution in [3.8, 4) is 0 Å². The number of hydrogen-bond acceptors (Lipinski definition) is 4. The smallest absolute Gasteiger partial charge is 0.416 e. The van der Waals surface area contributed by atoms with Crippen LogP contribution in [0, 0.1) is 5.41 Å². The summed E-state index contributed by atoms with van der Waals surface area (Å²) in [6, 6.07) is 7.57. The first-order valence-corrected chi connectivity index (χ1v) is 7.94. The molecule has 5 nitrogen and oxygen atoms in total. The second kappa shape index (κ2) is 8.13. The van der Waals surface area contributed by atoms with E-state index in [4.69, 9.17) is 27.9 Å². The van der Waals surface area contributed by atoms with Crippen LogP contribution in [0.15, 0.2) is 48.6 Å². The van der Waals surface area contributed by atoms with Crippen LogP contribution in [0.4, 0.5) is 24.5 Å². The minimum Gasteiger partial charge on any atom is -0.478 e. The standard InChI is InChI=1S/C18H15ClF3N3O2/c19-12-5-10(6-13(23)8-12)9-25-16-7-11(18(20,21)22)1-2-14(16)15(24)3-4-17(26)27/h1-8,24-25H,9,23H2,(H,26,27). The average molecular weight is 398 g/mol. The van der Waals surface area contributed by atoms with E-state index in [1.165, 1.54) is 6.07 Å². The number of rotatable bonds is 6.